The molecule has 2 aromatic rings. The van der Waals surface area contributed by atoms with Gasteiger partial charge in [-0.05, 0) is 13.0 Å². The van der Waals surface area contributed by atoms with Crippen LogP contribution in [0.3, 0.4) is 0 Å². The monoisotopic (exact) mass is 304 g/mol. The number of thioether (sulfide) groups is 1. The summed E-state index contributed by atoms with van der Waals surface area (Å²) in [5, 5.41) is 12.2. The van der Waals surface area contributed by atoms with Gasteiger partial charge in [-0.3, -0.25) is 9.20 Å². The Labute approximate surface area is 118 Å². The van der Waals surface area contributed by atoms with E-state index in [1.165, 1.54) is 11.8 Å². The SMILES string of the molecule is CCNC(=O)CSc1nnc2c(Cl)cc(Cl)cn12. The van der Waals surface area contributed by atoms with Crippen LogP contribution in [0.15, 0.2) is 17.4 Å². The van der Waals surface area contributed by atoms with Crippen LogP contribution in [0, 0.1) is 0 Å². The fourth-order valence-corrected chi connectivity index (χ4v) is 2.63. The molecule has 0 bridgehead atoms. The second-order valence-electron chi connectivity index (χ2n) is 3.42. The number of hydrogen-bond donors (Lipinski definition) is 1. The topological polar surface area (TPSA) is 59.3 Å². The third kappa shape index (κ3) is 2.88. The molecular weight excluding hydrogens is 295 g/mol. The molecule has 0 aliphatic rings. The first kappa shape index (κ1) is 13.5. The van der Waals surface area contributed by atoms with Gasteiger partial charge in [0.15, 0.2) is 10.8 Å². The minimum atomic E-state index is -0.0487. The molecule has 18 heavy (non-hydrogen) atoms. The lowest BCUT2D eigenvalue weighted by molar-refractivity contribution is -0.118. The van der Waals surface area contributed by atoms with Crippen LogP contribution < -0.4 is 5.32 Å². The Morgan fingerprint density at radius 1 is 1.50 bits per heavy atom. The molecular formula is C10H10Cl2N4OS. The third-order valence-electron chi connectivity index (χ3n) is 2.10. The lowest BCUT2D eigenvalue weighted by Gasteiger charge is -2.02. The number of nitrogens with zero attached hydrogens (tertiary/aromatic N) is 3. The smallest absolute Gasteiger partial charge is 0.230 e. The summed E-state index contributed by atoms with van der Waals surface area (Å²) in [7, 11) is 0. The Bertz CT molecular complexity index is 587. The molecule has 2 heterocycles. The van der Waals surface area contributed by atoms with Gasteiger partial charge in [0.2, 0.25) is 5.91 Å². The molecule has 0 unspecified atom stereocenters. The van der Waals surface area contributed by atoms with Gasteiger partial charge in [0, 0.05) is 12.7 Å². The van der Waals surface area contributed by atoms with Gasteiger partial charge in [-0.2, -0.15) is 0 Å². The summed E-state index contributed by atoms with van der Waals surface area (Å²) >= 11 is 13.2. The van der Waals surface area contributed by atoms with E-state index in [2.05, 4.69) is 15.5 Å². The number of carbonyl (C=O) groups is 1. The molecule has 2 rings (SSSR count). The Morgan fingerprint density at radius 3 is 3.00 bits per heavy atom. The predicted molar refractivity (Wildman–Crippen MR) is 72.4 cm³/mol. The van der Waals surface area contributed by atoms with Crippen molar-refractivity contribution >= 4 is 46.5 Å². The van der Waals surface area contributed by atoms with E-state index in [1.54, 1.807) is 16.7 Å². The van der Waals surface area contributed by atoms with Crippen LogP contribution in [-0.4, -0.2) is 32.8 Å². The van der Waals surface area contributed by atoms with Crippen LogP contribution in [0.5, 0.6) is 0 Å². The highest BCUT2D eigenvalue weighted by molar-refractivity contribution is 7.99. The second kappa shape index (κ2) is 5.77. The Balaban J connectivity index is 2.21. The predicted octanol–water partition coefficient (Wildman–Crippen LogP) is 2.26. The molecule has 5 nitrogen and oxygen atoms in total. The number of rotatable bonds is 4. The zero-order chi connectivity index (χ0) is 13.1. The number of nitrogens with one attached hydrogen (secondary N) is 1. The van der Waals surface area contributed by atoms with E-state index < -0.39 is 0 Å². The van der Waals surface area contributed by atoms with E-state index in [1.807, 2.05) is 6.92 Å². The molecule has 0 aliphatic heterocycles. The van der Waals surface area contributed by atoms with Crippen LogP contribution in [0.4, 0.5) is 0 Å². The number of hydrogen-bond acceptors (Lipinski definition) is 4. The van der Waals surface area contributed by atoms with Gasteiger partial charge in [0.25, 0.3) is 0 Å². The summed E-state index contributed by atoms with van der Waals surface area (Å²) in [6, 6.07) is 1.60. The first-order valence-electron chi connectivity index (χ1n) is 5.21. The van der Waals surface area contributed by atoms with Crippen molar-refractivity contribution in [3.8, 4) is 0 Å². The van der Waals surface area contributed by atoms with Crippen LogP contribution >= 0.6 is 35.0 Å². The molecule has 2 aromatic heterocycles. The number of fused-ring (bicyclic) bond motifs is 1. The highest BCUT2D eigenvalue weighted by atomic mass is 35.5. The minimum absolute atomic E-state index is 0.0487. The molecule has 0 saturated carbocycles. The third-order valence-corrected chi connectivity index (χ3v) is 3.53. The lowest BCUT2D eigenvalue weighted by atomic mass is 10.5. The maximum Gasteiger partial charge on any atom is 0.230 e. The van der Waals surface area contributed by atoms with E-state index in [9.17, 15) is 4.79 Å². The maximum absolute atomic E-state index is 11.4. The van der Waals surface area contributed by atoms with E-state index in [4.69, 9.17) is 23.2 Å². The van der Waals surface area contributed by atoms with Crippen LogP contribution in [0.2, 0.25) is 10.0 Å². The molecule has 0 saturated heterocycles. The number of carbonyl (C=O) groups excluding carboxylic acids is 1. The number of amides is 1. The van der Waals surface area contributed by atoms with Crippen molar-refractivity contribution in [1.82, 2.24) is 19.9 Å². The van der Waals surface area contributed by atoms with Gasteiger partial charge in [0.05, 0.1) is 15.8 Å². The molecule has 1 N–H and O–H groups in total. The molecule has 0 atom stereocenters. The molecule has 1 amide bonds. The summed E-state index contributed by atoms with van der Waals surface area (Å²) < 4.78 is 1.68. The standard InChI is InChI=1S/C10H10Cl2N4OS/c1-2-13-8(17)5-18-10-15-14-9-7(12)3-6(11)4-16(9)10/h3-4H,2,5H2,1H3,(H,13,17). The summed E-state index contributed by atoms with van der Waals surface area (Å²) in [5.74, 6) is 0.228. The molecule has 96 valence electrons. The van der Waals surface area contributed by atoms with E-state index >= 15 is 0 Å². The number of pyridine rings is 1. The maximum atomic E-state index is 11.4. The molecule has 0 fully saturated rings. The van der Waals surface area contributed by atoms with E-state index in [0.29, 0.717) is 27.4 Å². The molecule has 8 heteroatoms. The van der Waals surface area contributed by atoms with Crippen molar-refractivity contribution in [2.75, 3.05) is 12.3 Å². The van der Waals surface area contributed by atoms with Gasteiger partial charge in [-0.1, -0.05) is 35.0 Å². The van der Waals surface area contributed by atoms with Crippen molar-refractivity contribution in [2.24, 2.45) is 0 Å². The lowest BCUT2D eigenvalue weighted by Crippen LogP contribution is -2.24. The summed E-state index contributed by atoms with van der Waals surface area (Å²) in [5.41, 5.74) is 0.527. The zero-order valence-corrected chi connectivity index (χ0v) is 11.8. The fraction of sp³-hybridized carbons (Fsp3) is 0.300. The molecule has 0 aliphatic carbocycles. The molecule has 0 aromatic carbocycles. The van der Waals surface area contributed by atoms with E-state index in [0.717, 1.165) is 0 Å². The van der Waals surface area contributed by atoms with Crippen molar-refractivity contribution in [3.05, 3.63) is 22.3 Å². The van der Waals surface area contributed by atoms with Crippen LogP contribution in [0.25, 0.3) is 5.65 Å². The Kier molecular flexibility index (Phi) is 4.31. The summed E-state index contributed by atoms with van der Waals surface area (Å²) in [6.45, 7) is 2.48. The zero-order valence-electron chi connectivity index (χ0n) is 9.48. The van der Waals surface area contributed by atoms with E-state index in [-0.39, 0.29) is 11.7 Å². The summed E-state index contributed by atoms with van der Waals surface area (Å²) in [6.07, 6.45) is 1.67. The average molecular weight is 305 g/mol. The summed E-state index contributed by atoms with van der Waals surface area (Å²) in [4.78, 5) is 11.4. The van der Waals surface area contributed by atoms with Crippen molar-refractivity contribution in [3.63, 3.8) is 0 Å². The first-order chi connectivity index (χ1) is 8.61. The van der Waals surface area contributed by atoms with Crippen LogP contribution in [-0.2, 0) is 4.79 Å². The van der Waals surface area contributed by atoms with Crippen LogP contribution in [0.1, 0.15) is 6.92 Å². The Morgan fingerprint density at radius 2 is 2.28 bits per heavy atom. The first-order valence-corrected chi connectivity index (χ1v) is 6.95. The largest absolute Gasteiger partial charge is 0.356 e. The highest BCUT2D eigenvalue weighted by Gasteiger charge is 2.11. The average Bonchev–Trinajstić information content (AvgIpc) is 2.70. The van der Waals surface area contributed by atoms with Gasteiger partial charge in [-0.15, -0.1) is 10.2 Å². The van der Waals surface area contributed by atoms with Crippen molar-refractivity contribution in [2.45, 2.75) is 12.1 Å². The van der Waals surface area contributed by atoms with Gasteiger partial charge >= 0.3 is 0 Å². The van der Waals surface area contributed by atoms with Gasteiger partial charge in [-0.25, -0.2) is 0 Å². The van der Waals surface area contributed by atoms with Gasteiger partial charge < -0.3 is 5.32 Å². The van der Waals surface area contributed by atoms with Crippen molar-refractivity contribution < 1.29 is 4.79 Å². The molecule has 0 radical (unpaired) electrons. The fourth-order valence-electron chi connectivity index (χ4n) is 1.38. The molecule has 0 spiro atoms. The van der Waals surface area contributed by atoms with Gasteiger partial charge in [0.1, 0.15) is 0 Å². The minimum Gasteiger partial charge on any atom is -0.356 e. The number of aromatic nitrogens is 3. The normalized spacial score (nSPS) is 10.8. The highest BCUT2D eigenvalue weighted by Crippen LogP contribution is 2.24. The number of halogens is 2. The Hall–Kier alpha value is -0.980. The van der Waals surface area contributed by atoms with Crippen molar-refractivity contribution in [1.29, 1.82) is 0 Å². The second-order valence-corrected chi connectivity index (χ2v) is 5.21. The quantitative estimate of drug-likeness (QED) is 0.880.